The number of carbonyl (C=O) groups excluding carboxylic acids is 3. The minimum Gasteiger partial charge on any atom is -0.493 e. The molecule has 0 bridgehead atoms. The zero-order valence-corrected chi connectivity index (χ0v) is 25.7. The smallest absolute Gasteiger partial charge is 0.325 e. The van der Waals surface area contributed by atoms with Crippen LogP contribution >= 0.6 is 0 Å². The number of nitrogens with one attached hydrogen (secondary N) is 1. The molecule has 3 aliphatic rings. The van der Waals surface area contributed by atoms with E-state index in [0.717, 1.165) is 33.8 Å². The molecule has 4 aromatic rings. The highest BCUT2D eigenvalue weighted by molar-refractivity contribution is 6.19. The number of ketones is 1. The van der Waals surface area contributed by atoms with E-state index in [1.807, 2.05) is 50.2 Å². The fourth-order valence-electron chi connectivity index (χ4n) is 5.90. The quantitative estimate of drug-likeness (QED) is 0.216. The molecule has 1 saturated heterocycles. The van der Waals surface area contributed by atoms with Gasteiger partial charge in [-0.25, -0.2) is 9.78 Å². The summed E-state index contributed by atoms with van der Waals surface area (Å²) < 4.78 is 18.2. The Hall–Kier alpha value is -5.10. The number of rotatable bonds is 7. The van der Waals surface area contributed by atoms with E-state index >= 15 is 0 Å². The van der Waals surface area contributed by atoms with Crippen molar-refractivity contribution >= 4 is 28.7 Å². The number of hydrogen-bond donors (Lipinski definition) is 1. The van der Waals surface area contributed by atoms with E-state index in [-0.39, 0.29) is 24.8 Å². The van der Waals surface area contributed by atoms with Gasteiger partial charge >= 0.3 is 6.03 Å². The minimum atomic E-state index is -0.932. The van der Waals surface area contributed by atoms with Crippen LogP contribution < -0.4 is 14.8 Å². The maximum atomic E-state index is 13.8. The summed E-state index contributed by atoms with van der Waals surface area (Å²) in [7, 11) is 0. The first-order valence-corrected chi connectivity index (χ1v) is 15.2. The van der Waals surface area contributed by atoms with E-state index in [1.54, 1.807) is 32.2 Å². The first kappa shape index (κ1) is 28.7. The topological polar surface area (TPSA) is 111 Å². The number of hydrogen-bond acceptors (Lipinski definition) is 7. The van der Waals surface area contributed by atoms with Crippen molar-refractivity contribution in [2.75, 3.05) is 19.8 Å². The molecule has 0 radical (unpaired) electrons. The predicted octanol–water partition coefficient (Wildman–Crippen LogP) is 5.60. The molecular weight excluding hydrogens is 570 g/mol. The molecule has 2 aromatic carbocycles. The average molecular weight is 604 g/mol. The highest BCUT2D eigenvalue weighted by Crippen LogP contribution is 2.46. The first-order valence-electron chi connectivity index (χ1n) is 15.2. The van der Waals surface area contributed by atoms with Crippen molar-refractivity contribution in [3.8, 4) is 23.3 Å². The lowest BCUT2D eigenvalue weighted by molar-refractivity contribution is -0.130. The van der Waals surface area contributed by atoms with Gasteiger partial charge in [0.25, 0.3) is 5.91 Å². The zero-order valence-electron chi connectivity index (χ0n) is 25.7. The molecule has 0 unspecified atom stereocenters. The van der Waals surface area contributed by atoms with Gasteiger partial charge in [0.15, 0.2) is 5.78 Å². The Bertz CT molecular complexity index is 1960. The van der Waals surface area contributed by atoms with Crippen LogP contribution in [0.5, 0.6) is 11.5 Å². The van der Waals surface area contributed by atoms with Gasteiger partial charge in [-0.1, -0.05) is 5.92 Å². The van der Waals surface area contributed by atoms with Gasteiger partial charge in [0.2, 0.25) is 0 Å². The maximum Gasteiger partial charge on any atom is 0.325 e. The molecule has 0 spiro atoms. The van der Waals surface area contributed by atoms with E-state index < -0.39 is 17.0 Å². The summed E-state index contributed by atoms with van der Waals surface area (Å²) in [6.45, 7) is 8.33. The van der Waals surface area contributed by atoms with Crippen molar-refractivity contribution in [3.05, 3.63) is 88.4 Å². The van der Waals surface area contributed by atoms with Gasteiger partial charge in [-0.2, -0.15) is 0 Å². The summed E-state index contributed by atoms with van der Waals surface area (Å²) in [4.78, 5) is 44.0. The third-order valence-electron chi connectivity index (χ3n) is 8.67. The molecule has 7 rings (SSSR count). The molecule has 0 atom stereocenters. The number of benzene rings is 2. The lowest BCUT2D eigenvalue weighted by Gasteiger charge is -2.31. The standard InChI is InChI=1S/C36H33N3O6/c1-35(2)28-19-24(43-16-15-39-33(41)36(3,4)38-34(39)42)10-12-26(28)31(40)30-27-11-8-21(17-29(27)45-32(30)35)7-9-23-18-25(13-14-37-23)44-20-22-5-6-22/h8,10-14,17-19,22H,5-6,15-16,20H2,1-4H3,(H,38,42). The van der Waals surface area contributed by atoms with Crippen LogP contribution in [0.25, 0.3) is 11.0 Å². The Labute approximate surface area is 260 Å². The Morgan fingerprint density at radius 1 is 0.978 bits per heavy atom. The second kappa shape index (κ2) is 10.5. The van der Waals surface area contributed by atoms with Gasteiger partial charge in [0.05, 0.1) is 18.7 Å². The largest absolute Gasteiger partial charge is 0.493 e. The van der Waals surface area contributed by atoms with E-state index in [1.165, 1.54) is 12.8 Å². The van der Waals surface area contributed by atoms with Crippen LogP contribution in [0.4, 0.5) is 4.79 Å². The Kier molecular flexibility index (Phi) is 6.70. The summed E-state index contributed by atoms with van der Waals surface area (Å²) in [6, 6.07) is 14.2. The van der Waals surface area contributed by atoms with Crippen molar-refractivity contribution in [1.29, 1.82) is 0 Å². The second-order valence-electron chi connectivity index (χ2n) is 12.9. The first-order chi connectivity index (χ1) is 21.5. The number of ether oxygens (including phenoxy) is 2. The van der Waals surface area contributed by atoms with Gasteiger partial charge < -0.3 is 19.2 Å². The average Bonchev–Trinajstić information content (AvgIpc) is 3.73. The molecule has 2 aliphatic carbocycles. The highest BCUT2D eigenvalue weighted by Gasteiger charge is 2.44. The molecule has 45 heavy (non-hydrogen) atoms. The molecule has 2 aromatic heterocycles. The summed E-state index contributed by atoms with van der Waals surface area (Å²) in [5.41, 5.74) is 2.29. The van der Waals surface area contributed by atoms with Crippen LogP contribution in [-0.2, 0) is 10.2 Å². The highest BCUT2D eigenvalue weighted by atomic mass is 16.5. The van der Waals surface area contributed by atoms with Gasteiger partial charge in [-0.05, 0) is 100 Å². The maximum absolute atomic E-state index is 13.8. The van der Waals surface area contributed by atoms with Crippen molar-refractivity contribution in [3.63, 3.8) is 0 Å². The fourth-order valence-corrected chi connectivity index (χ4v) is 5.90. The number of imide groups is 1. The van der Waals surface area contributed by atoms with Gasteiger partial charge in [-0.15, -0.1) is 0 Å². The van der Waals surface area contributed by atoms with Crippen LogP contribution in [-0.4, -0.2) is 52.9 Å². The molecule has 3 heterocycles. The normalized spacial score (nSPS) is 17.8. The van der Waals surface area contributed by atoms with Crippen LogP contribution in [0.1, 0.15) is 79.0 Å². The van der Waals surface area contributed by atoms with E-state index in [2.05, 4.69) is 22.1 Å². The molecule has 1 saturated carbocycles. The number of pyridine rings is 1. The minimum absolute atomic E-state index is 0.113. The summed E-state index contributed by atoms with van der Waals surface area (Å²) >= 11 is 0. The van der Waals surface area contributed by atoms with Gasteiger partial charge in [-0.3, -0.25) is 14.5 Å². The summed E-state index contributed by atoms with van der Waals surface area (Å²) in [6.07, 6.45) is 4.15. The van der Waals surface area contributed by atoms with Crippen molar-refractivity contribution in [2.45, 2.75) is 51.5 Å². The summed E-state index contributed by atoms with van der Waals surface area (Å²) in [5, 5.41) is 3.41. The molecule has 3 amide bonds. The fraction of sp³-hybridized carbons (Fsp3) is 0.333. The van der Waals surface area contributed by atoms with Crippen molar-refractivity contribution < 1.29 is 28.3 Å². The predicted molar refractivity (Wildman–Crippen MR) is 166 cm³/mol. The third kappa shape index (κ3) is 5.20. The van der Waals surface area contributed by atoms with Crippen LogP contribution in [0.3, 0.4) is 0 Å². The number of amides is 3. The van der Waals surface area contributed by atoms with Crippen molar-refractivity contribution in [2.24, 2.45) is 5.92 Å². The SMILES string of the molecule is CC1(C)NC(=O)N(CCOc2ccc3c(c2)C(C)(C)c2oc4cc(C#Cc5cc(OCC6CC6)ccn5)ccc4c2C3=O)C1=O. The van der Waals surface area contributed by atoms with Gasteiger partial charge in [0, 0.05) is 34.2 Å². The van der Waals surface area contributed by atoms with E-state index in [0.29, 0.717) is 39.8 Å². The van der Waals surface area contributed by atoms with Crippen LogP contribution in [0.2, 0.25) is 0 Å². The van der Waals surface area contributed by atoms with Crippen LogP contribution in [0, 0.1) is 17.8 Å². The number of aromatic nitrogens is 1. The number of urea groups is 1. The summed E-state index contributed by atoms with van der Waals surface area (Å²) in [5.74, 6) is 8.42. The number of carbonyl (C=O) groups is 3. The zero-order chi connectivity index (χ0) is 31.5. The number of fused-ring (bicyclic) bond motifs is 4. The van der Waals surface area contributed by atoms with Crippen molar-refractivity contribution in [1.82, 2.24) is 15.2 Å². The second-order valence-corrected chi connectivity index (χ2v) is 12.9. The molecular formula is C36H33N3O6. The van der Waals surface area contributed by atoms with Gasteiger partial charge in [0.1, 0.15) is 40.7 Å². The number of furan rings is 1. The monoisotopic (exact) mass is 603 g/mol. The molecule has 1 aliphatic heterocycles. The molecule has 228 valence electrons. The molecule has 2 fully saturated rings. The molecule has 1 N–H and O–H groups in total. The molecule has 9 nitrogen and oxygen atoms in total. The Morgan fingerprint density at radius 3 is 2.53 bits per heavy atom. The van der Waals surface area contributed by atoms with E-state index in [9.17, 15) is 14.4 Å². The van der Waals surface area contributed by atoms with Crippen LogP contribution in [0.15, 0.2) is 59.1 Å². The lowest BCUT2D eigenvalue weighted by Crippen LogP contribution is -2.40. The Balaban J connectivity index is 1.11. The van der Waals surface area contributed by atoms with E-state index in [4.69, 9.17) is 13.9 Å². The molecule has 9 heteroatoms. The Morgan fingerprint density at radius 2 is 1.78 bits per heavy atom. The third-order valence-corrected chi connectivity index (χ3v) is 8.67. The number of nitrogens with zero attached hydrogens (tertiary/aromatic N) is 2. The lowest BCUT2D eigenvalue weighted by atomic mass is 9.71.